The van der Waals surface area contributed by atoms with E-state index in [1.54, 1.807) is 6.08 Å². The first-order valence-electron chi connectivity index (χ1n) is 16.1. The molecule has 232 valence electrons. The van der Waals surface area contributed by atoms with Crippen LogP contribution in [-0.4, -0.2) is 39.6 Å². The first-order chi connectivity index (χ1) is 18.8. The highest BCUT2D eigenvalue weighted by Gasteiger charge is 2.24. The number of amides is 1. The Hall–Kier alpha value is -0.720. The van der Waals surface area contributed by atoms with Gasteiger partial charge in [0.1, 0.15) is 0 Å². The molecule has 0 unspecified atom stereocenters. The minimum Gasteiger partial charge on any atom is -0.387 e. The molecule has 0 aromatic heterocycles. The molecule has 7 nitrogen and oxygen atoms in total. The third-order valence-electron chi connectivity index (χ3n) is 7.25. The van der Waals surface area contributed by atoms with Gasteiger partial charge in [0.05, 0.1) is 18.8 Å². The Bertz CT molecular complexity index is 624. The second-order valence-electron chi connectivity index (χ2n) is 11.1. The van der Waals surface area contributed by atoms with Crippen LogP contribution in [0.2, 0.25) is 0 Å². The van der Waals surface area contributed by atoms with E-state index in [1.165, 1.54) is 103 Å². The molecule has 0 aliphatic carbocycles. The number of hydrogen-bond donors (Lipinski definition) is 4. The van der Waals surface area contributed by atoms with Gasteiger partial charge in [-0.1, -0.05) is 148 Å². The van der Waals surface area contributed by atoms with E-state index in [9.17, 15) is 14.5 Å². The first-order valence-corrected chi connectivity index (χ1v) is 17.7. The lowest BCUT2D eigenvalue weighted by Crippen LogP contribution is -2.45. The molecule has 39 heavy (non-hydrogen) atoms. The molecule has 0 aromatic carbocycles. The average molecular weight is 576 g/mol. The molecule has 0 radical (unpaired) electrons. The lowest BCUT2D eigenvalue weighted by molar-refractivity contribution is -0.123. The number of rotatable bonds is 29. The lowest BCUT2D eigenvalue weighted by atomic mass is 10.0. The lowest BCUT2D eigenvalue weighted by Gasteiger charge is -2.22. The third kappa shape index (κ3) is 28.6. The van der Waals surface area contributed by atoms with E-state index in [0.717, 1.165) is 38.5 Å². The van der Waals surface area contributed by atoms with Gasteiger partial charge in [-0.15, -0.1) is 0 Å². The number of nitrogens with one attached hydrogen (secondary N) is 1. The molecule has 0 aliphatic rings. The van der Waals surface area contributed by atoms with Crippen LogP contribution >= 0.6 is 7.82 Å². The summed E-state index contributed by atoms with van der Waals surface area (Å²) in [4.78, 5) is 30.4. The van der Waals surface area contributed by atoms with Crippen molar-refractivity contribution in [1.82, 2.24) is 5.32 Å². The number of carbonyl (C=O) groups excluding carboxylic acids is 1. The number of unbranched alkanes of at least 4 members (excludes halogenated alkanes) is 20. The first kappa shape index (κ1) is 38.3. The quantitative estimate of drug-likeness (QED) is 0.0404. The van der Waals surface area contributed by atoms with E-state index in [4.69, 9.17) is 9.79 Å². The second-order valence-corrected chi connectivity index (χ2v) is 12.4. The zero-order chi connectivity index (χ0) is 29.0. The highest BCUT2D eigenvalue weighted by atomic mass is 31.2. The summed E-state index contributed by atoms with van der Waals surface area (Å²) in [6.45, 7) is 3.99. The van der Waals surface area contributed by atoms with Crippen LogP contribution in [0.4, 0.5) is 0 Å². The molecule has 0 saturated heterocycles. The second kappa shape index (κ2) is 27.4. The van der Waals surface area contributed by atoms with E-state index in [2.05, 4.69) is 23.7 Å². The largest absolute Gasteiger partial charge is 0.469 e. The van der Waals surface area contributed by atoms with Gasteiger partial charge in [-0.2, -0.15) is 0 Å². The van der Waals surface area contributed by atoms with Crippen LogP contribution in [0.5, 0.6) is 0 Å². The van der Waals surface area contributed by atoms with Crippen molar-refractivity contribution >= 4 is 13.7 Å². The van der Waals surface area contributed by atoms with Crippen molar-refractivity contribution in [2.75, 3.05) is 6.61 Å². The molecule has 0 saturated carbocycles. The number of aliphatic hydroxyl groups excluding tert-OH is 1. The van der Waals surface area contributed by atoms with Crippen molar-refractivity contribution in [3.8, 4) is 0 Å². The highest BCUT2D eigenvalue weighted by molar-refractivity contribution is 7.46. The Kier molecular flexibility index (Phi) is 26.9. The Morgan fingerprint density at radius 2 is 1.13 bits per heavy atom. The molecule has 4 N–H and O–H groups in total. The zero-order valence-corrected chi connectivity index (χ0v) is 26.2. The summed E-state index contributed by atoms with van der Waals surface area (Å²) in [6.07, 6.45) is 29.6. The van der Waals surface area contributed by atoms with E-state index in [-0.39, 0.29) is 5.91 Å². The maximum absolute atomic E-state index is 12.3. The number of phosphoric ester groups is 1. The van der Waals surface area contributed by atoms with Crippen LogP contribution in [-0.2, 0) is 13.9 Å². The van der Waals surface area contributed by atoms with Crippen LogP contribution in [0.25, 0.3) is 0 Å². The molecule has 0 aliphatic heterocycles. The van der Waals surface area contributed by atoms with E-state index < -0.39 is 26.6 Å². The van der Waals surface area contributed by atoms with Crippen molar-refractivity contribution in [1.29, 1.82) is 0 Å². The number of carbonyl (C=O) groups is 1. The maximum Gasteiger partial charge on any atom is 0.469 e. The Balaban J connectivity index is 4.05. The van der Waals surface area contributed by atoms with Gasteiger partial charge >= 0.3 is 7.82 Å². The zero-order valence-electron chi connectivity index (χ0n) is 25.3. The molecule has 0 fully saturated rings. The molecule has 8 heteroatoms. The Morgan fingerprint density at radius 1 is 0.718 bits per heavy atom. The van der Waals surface area contributed by atoms with Crippen molar-refractivity contribution in [2.24, 2.45) is 0 Å². The summed E-state index contributed by atoms with van der Waals surface area (Å²) < 4.78 is 15.7. The van der Waals surface area contributed by atoms with Gasteiger partial charge in [0, 0.05) is 6.42 Å². The number of phosphoric acid groups is 1. The van der Waals surface area contributed by atoms with Crippen LogP contribution < -0.4 is 5.32 Å². The predicted molar refractivity (Wildman–Crippen MR) is 163 cm³/mol. The topological polar surface area (TPSA) is 116 Å². The molecule has 0 heterocycles. The molecule has 0 spiro atoms. The van der Waals surface area contributed by atoms with Crippen LogP contribution in [0.3, 0.4) is 0 Å². The van der Waals surface area contributed by atoms with Gasteiger partial charge in [-0.25, -0.2) is 4.57 Å². The minimum absolute atomic E-state index is 0.234. The molecule has 1 amide bonds. The van der Waals surface area contributed by atoms with Gasteiger partial charge in [-0.3, -0.25) is 9.32 Å². The summed E-state index contributed by atoms with van der Waals surface area (Å²) in [5, 5.41) is 13.2. The normalized spacial score (nSPS) is 13.7. The van der Waals surface area contributed by atoms with Crippen LogP contribution in [0.15, 0.2) is 12.2 Å². The molecule has 0 rings (SSSR count). The number of hydrogen-bond acceptors (Lipinski definition) is 4. The van der Waals surface area contributed by atoms with Crippen molar-refractivity contribution < 1.29 is 28.8 Å². The number of allylic oxidation sites excluding steroid dienone is 1. The van der Waals surface area contributed by atoms with E-state index in [0.29, 0.717) is 6.42 Å². The van der Waals surface area contributed by atoms with Crippen molar-refractivity contribution in [3.05, 3.63) is 12.2 Å². The highest BCUT2D eigenvalue weighted by Crippen LogP contribution is 2.35. The van der Waals surface area contributed by atoms with Crippen molar-refractivity contribution in [3.63, 3.8) is 0 Å². The monoisotopic (exact) mass is 575 g/mol. The fourth-order valence-corrected chi connectivity index (χ4v) is 5.11. The van der Waals surface area contributed by atoms with Gasteiger partial charge in [0.2, 0.25) is 5.91 Å². The summed E-state index contributed by atoms with van der Waals surface area (Å²) in [6, 6.07) is -0.901. The van der Waals surface area contributed by atoms with Crippen LogP contribution in [0.1, 0.15) is 162 Å². The standard InChI is InChI=1S/C31H62NO6P/c1-3-5-7-9-11-12-13-14-15-16-17-18-19-21-22-24-26-30(33)29(28-38-39(35,36)37)32-31(34)27-25-23-20-10-8-6-4-2/h24,26,29-30,33H,3-23,25,27-28H2,1-2H3,(H,32,34)(H2,35,36,37)/b26-24+/t29-,30+/m0/s1. The van der Waals surface area contributed by atoms with E-state index >= 15 is 0 Å². The Labute approximate surface area is 240 Å². The minimum atomic E-state index is -4.69. The smallest absolute Gasteiger partial charge is 0.387 e. The number of aliphatic hydroxyl groups is 1. The van der Waals surface area contributed by atoms with Crippen molar-refractivity contribution in [2.45, 2.75) is 174 Å². The molecule has 0 aromatic rings. The summed E-state index contributed by atoms with van der Waals surface area (Å²) >= 11 is 0. The van der Waals surface area contributed by atoms with E-state index in [1.807, 2.05) is 6.08 Å². The molecule has 2 atom stereocenters. The average Bonchev–Trinajstić information content (AvgIpc) is 2.89. The van der Waals surface area contributed by atoms with Gasteiger partial charge in [0.15, 0.2) is 0 Å². The van der Waals surface area contributed by atoms with Gasteiger partial charge < -0.3 is 20.2 Å². The van der Waals surface area contributed by atoms with Gasteiger partial charge in [-0.05, 0) is 19.3 Å². The fraction of sp³-hybridized carbons (Fsp3) is 0.903. The summed E-state index contributed by atoms with van der Waals surface area (Å²) in [5.74, 6) is -0.234. The Morgan fingerprint density at radius 3 is 1.56 bits per heavy atom. The molecule has 0 bridgehead atoms. The fourth-order valence-electron chi connectivity index (χ4n) is 4.75. The summed E-state index contributed by atoms with van der Waals surface area (Å²) in [7, 11) is -4.69. The van der Waals surface area contributed by atoms with Gasteiger partial charge in [0.25, 0.3) is 0 Å². The maximum atomic E-state index is 12.3. The third-order valence-corrected chi connectivity index (χ3v) is 7.73. The summed E-state index contributed by atoms with van der Waals surface area (Å²) in [5.41, 5.74) is 0. The predicted octanol–water partition coefficient (Wildman–Crippen LogP) is 8.51. The molecular weight excluding hydrogens is 513 g/mol. The van der Waals surface area contributed by atoms with Crippen LogP contribution in [0, 0.1) is 0 Å². The SMILES string of the molecule is CCCCCCCCCCCCCCCC/C=C/[C@@H](O)[C@H](COP(=O)(O)O)NC(=O)CCCCCCCCC. The molecular formula is C31H62NO6P.